The molecule has 1 saturated heterocycles. The van der Waals surface area contributed by atoms with Gasteiger partial charge < -0.3 is 19.9 Å². The van der Waals surface area contributed by atoms with E-state index >= 15 is 0 Å². The van der Waals surface area contributed by atoms with Crippen molar-refractivity contribution in [2.45, 2.75) is 45.2 Å². The number of nitrogens with one attached hydrogen (secondary N) is 1. The molecule has 7 heteroatoms. The van der Waals surface area contributed by atoms with E-state index in [1.54, 1.807) is 4.90 Å². The van der Waals surface area contributed by atoms with Crippen molar-refractivity contribution in [1.29, 1.82) is 0 Å². The fourth-order valence-corrected chi connectivity index (χ4v) is 4.12. The quantitative estimate of drug-likeness (QED) is 0.808. The third kappa shape index (κ3) is 4.79. The van der Waals surface area contributed by atoms with E-state index in [0.29, 0.717) is 25.3 Å². The summed E-state index contributed by atoms with van der Waals surface area (Å²) in [6, 6.07) is 9.38. The summed E-state index contributed by atoms with van der Waals surface area (Å²) >= 11 is 0. The molecule has 2 heterocycles. The van der Waals surface area contributed by atoms with Crippen molar-refractivity contribution in [3.8, 4) is 0 Å². The van der Waals surface area contributed by atoms with Crippen LogP contribution in [0.2, 0.25) is 0 Å². The molecule has 2 aromatic rings. The number of amides is 2. The first kappa shape index (κ1) is 20.8. The van der Waals surface area contributed by atoms with E-state index in [4.69, 9.17) is 4.74 Å². The van der Waals surface area contributed by atoms with Crippen molar-refractivity contribution >= 4 is 6.03 Å². The maximum atomic E-state index is 14.3. The van der Waals surface area contributed by atoms with E-state index in [-0.39, 0.29) is 18.6 Å². The molecule has 0 aliphatic carbocycles. The fraction of sp³-hybridized carbons (Fsp3) is 0.435. The lowest BCUT2D eigenvalue weighted by Gasteiger charge is -2.37. The lowest BCUT2D eigenvalue weighted by molar-refractivity contribution is 0.126. The second kappa shape index (κ2) is 9.10. The van der Waals surface area contributed by atoms with Gasteiger partial charge in [0, 0.05) is 24.2 Å². The number of likely N-dealkylation sites (tertiary alicyclic amines) is 1. The Bertz CT molecular complexity index is 913. The molecule has 0 radical (unpaired) electrons. The van der Waals surface area contributed by atoms with Crippen LogP contribution in [-0.4, -0.2) is 42.0 Å². The predicted molar refractivity (Wildman–Crippen MR) is 110 cm³/mol. The molecule has 0 bridgehead atoms. The van der Waals surface area contributed by atoms with Gasteiger partial charge >= 0.3 is 6.03 Å². The highest BCUT2D eigenvalue weighted by Gasteiger charge is 2.28. The van der Waals surface area contributed by atoms with Crippen LogP contribution in [0, 0.1) is 11.6 Å². The van der Waals surface area contributed by atoms with Crippen LogP contribution in [0.4, 0.5) is 13.6 Å². The zero-order valence-electron chi connectivity index (χ0n) is 17.2. The lowest BCUT2D eigenvalue weighted by atomic mass is 10.0. The monoisotopic (exact) mass is 415 g/mol. The van der Waals surface area contributed by atoms with Gasteiger partial charge in [0.25, 0.3) is 0 Å². The van der Waals surface area contributed by atoms with Crippen molar-refractivity contribution in [2.24, 2.45) is 0 Å². The standard InChI is InChI=1S/C23H27F2N3O2/c1-27-8-6-21(7-9-27)28(13-17-4-5-20(24)11-22(17)25)23(29)26-12-16-2-3-18-14-30-15-19(18)10-16/h2-5,10-11,21H,6-9,12-15H2,1H3,(H,26,29). The number of fused-ring (bicyclic) bond motifs is 1. The normalized spacial score (nSPS) is 17.0. The molecule has 1 N–H and O–H groups in total. The maximum Gasteiger partial charge on any atom is 0.318 e. The average Bonchev–Trinajstić information content (AvgIpc) is 3.20. The first-order valence-electron chi connectivity index (χ1n) is 10.3. The van der Waals surface area contributed by atoms with E-state index in [2.05, 4.69) is 23.3 Å². The van der Waals surface area contributed by atoms with Gasteiger partial charge in [-0.1, -0.05) is 24.3 Å². The van der Waals surface area contributed by atoms with Crippen molar-refractivity contribution in [3.63, 3.8) is 0 Å². The molecule has 30 heavy (non-hydrogen) atoms. The number of rotatable bonds is 5. The molecular weight excluding hydrogens is 388 g/mol. The Balaban J connectivity index is 1.47. The van der Waals surface area contributed by atoms with Crippen LogP contribution in [0.1, 0.15) is 35.1 Å². The third-order valence-electron chi connectivity index (χ3n) is 5.98. The maximum absolute atomic E-state index is 14.3. The highest BCUT2D eigenvalue weighted by molar-refractivity contribution is 5.74. The molecule has 2 amide bonds. The summed E-state index contributed by atoms with van der Waals surface area (Å²) in [6.07, 6.45) is 1.64. The smallest absolute Gasteiger partial charge is 0.318 e. The van der Waals surface area contributed by atoms with Crippen LogP contribution in [0.5, 0.6) is 0 Å². The van der Waals surface area contributed by atoms with Crippen LogP contribution < -0.4 is 5.32 Å². The molecule has 0 unspecified atom stereocenters. The molecule has 4 rings (SSSR count). The molecule has 0 saturated carbocycles. The number of benzene rings is 2. The third-order valence-corrected chi connectivity index (χ3v) is 5.98. The zero-order valence-corrected chi connectivity index (χ0v) is 17.2. The van der Waals surface area contributed by atoms with Crippen LogP contribution in [0.15, 0.2) is 36.4 Å². The van der Waals surface area contributed by atoms with Gasteiger partial charge in [-0.05, 0) is 55.7 Å². The Morgan fingerprint density at radius 2 is 1.90 bits per heavy atom. The number of halogens is 2. The summed E-state index contributed by atoms with van der Waals surface area (Å²) < 4.78 is 33.0. The fourth-order valence-electron chi connectivity index (χ4n) is 4.12. The molecule has 2 aliphatic heterocycles. The summed E-state index contributed by atoms with van der Waals surface area (Å²) in [5, 5.41) is 2.99. The number of piperidine rings is 1. The highest BCUT2D eigenvalue weighted by atomic mass is 19.1. The van der Waals surface area contributed by atoms with Gasteiger partial charge in [0.05, 0.1) is 19.8 Å². The van der Waals surface area contributed by atoms with Gasteiger partial charge in [0.1, 0.15) is 11.6 Å². The van der Waals surface area contributed by atoms with Gasteiger partial charge in [-0.2, -0.15) is 0 Å². The van der Waals surface area contributed by atoms with E-state index in [9.17, 15) is 13.6 Å². The SMILES string of the molecule is CN1CCC(N(Cc2ccc(F)cc2F)C(=O)NCc2ccc3c(c2)COC3)CC1. The number of urea groups is 1. The van der Waals surface area contributed by atoms with Gasteiger partial charge in [-0.15, -0.1) is 0 Å². The minimum atomic E-state index is -0.626. The largest absolute Gasteiger partial charge is 0.372 e. The molecule has 5 nitrogen and oxygen atoms in total. The summed E-state index contributed by atoms with van der Waals surface area (Å²) in [4.78, 5) is 17.0. The first-order valence-corrected chi connectivity index (χ1v) is 10.3. The summed E-state index contributed by atoms with van der Waals surface area (Å²) in [6.45, 7) is 3.50. The average molecular weight is 415 g/mol. The number of carbonyl (C=O) groups is 1. The topological polar surface area (TPSA) is 44.8 Å². The molecule has 2 aliphatic rings. The van der Waals surface area contributed by atoms with Crippen LogP contribution in [-0.2, 0) is 31.0 Å². The van der Waals surface area contributed by atoms with E-state index in [1.807, 2.05) is 12.1 Å². The number of ether oxygens (including phenoxy) is 1. The lowest BCUT2D eigenvalue weighted by Crippen LogP contribution is -2.49. The summed E-state index contributed by atoms with van der Waals surface area (Å²) in [7, 11) is 2.05. The molecule has 0 atom stereocenters. The Kier molecular flexibility index (Phi) is 6.29. The predicted octanol–water partition coefficient (Wildman–Crippen LogP) is 3.80. The van der Waals surface area contributed by atoms with Gasteiger partial charge in [-0.3, -0.25) is 0 Å². The van der Waals surface area contributed by atoms with Crippen molar-refractivity contribution in [3.05, 3.63) is 70.3 Å². The molecule has 0 aromatic heterocycles. The minimum Gasteiger partial charge on any atom is -0.372 e. The molecule has 0 spiro atoms. The van der Waals surface area contributed by atoms with Crippen LogP contribution >= 0.6 is 0 Å². The number of nitrogens with zero attached hydrogens (tertiary/aromatic N) is 2. The highest BCUT2D eigenvalue weighted by Crippen LogP contribution is 2.22. The Morgan fingerprint density at radius 1 is 1.13 bits per heavy atom. The molecule has 1 fully saturated rings. The van der Waals surface area contributed by atoms with Gasteiger partial charge in [0.2, 0.25) is 0 Å². The second-order valence-corrected chi connectivity index (χ2v) is 8.15. The zero-order chi connectivity index (χ0) is 21.1. The van der Waals surface area contributed by atoms with E-state index < -0.39 is 11.6 Å². The Labute approximate surface area is 175 Å². The Morgan fingerprint density at radius 3 is 2.67 bits per heavy atom. The second-order valence-electron chi connectivity index (χ2n) is 8.15. The Hall–Kier alpha value is -2.51. The molecule has 160 valence electrons. The van der Waals surface area contributed by atoms with Crippen LogP contribution in [0.25, 0.3) is 0 Å². The van der Waals surface area contributed by atoms with Crippen molar-refractivity contribution < 1.29 is 18.3 Å². The van der Waals surface area contributed by atoms with E-state index in [0.717, 1.165) is 43.1 Å². The van der Waals surface area contributed by atoms with Gasteiger partial charge in [-0.25, -0.2) is 13.6 Å². The minimum absolute atomic E-state index is 0.0130. The first-order chi connectivity index (χ1) is 14.5. The summed E-state index contributed by atoms with van der Waals surface area (Å²) in [5.41, 5.74) is 3.66. The van der Waals surface area contributed by atoms with Crippen molar-refractivity contribution in [2.75, 3.05) is 20.1 Å². The molecular formula is C23H27F2N3O2. The number of hydrogen-bond donors (Lipinski definition) is 1. The molecule has 2 aromatic carbocycles. The van der Waals surface area contributed by atoms with E-state index in [1.165, 1.54) is 17.7 Å². The van der Waals surface area contributed by atoms with Gasteiger partial charge in [0.15, 0.2) is 0 Å². The van der Waals surface area contributed by atoms with Crippen molar-refractivity contribution in [1.82, 2.24) is 15.1 Å². The summed E-state index contributed by atoms with van der Waals surface area (Å²) in [5.74, 6) is -1.24. The van der Waals surface area contributed by atoms with Crippen LogP contribution in [0.3, 0.4) is 0 Å². The number of hydrogen-bond acceptors (Lipinski definition) is 3. The number of carbonyl (C=O) groups excluding carboxylic acids is 1.